The van der Waals surface area contributed by atoms with Crippen molar-refractivity contribution >= 4 is 18.0 Å². The number of carboxylic acid groups (broad SMARTS) is 1. The molecule has 2 atom stereocenters. The third-order valence-corrected chi connectivity index (χ3v) is 6.78. The highest BCUT2D eigenvalue weighted by Crippen LogP contribution is 2.38. The first-order chi connectivity index (χ1) is 16.3. The second-order valence-electron chi connectivity index (χ2n) is 9.18. The van der Waals surface area contributed by atoms with Gasteiger partial charge in [-0.25, -0.2) is 0 Å². The van der Waals surface area contributed by atoms with E-state index in [-0.39, 0.29) is 18.1 Å². The van der Waals surface area contributed by atoms with Crippen molar-refractivity contribution < 1.29 is 19.4 Å². The third-order valence-electron chi connectivity index (χ3n) is 6.78. The molecule has 8 heteroatoms. The largest absolute Gasteiger partial charge is 0.481 e. The van der Waals surface area contributed by atoms with Crippen molar-refractivity contribution in [3.05, 3.63) is 64.7 Å². The van der Waals surface area contributed by atoms with Gasteiger partial charge >= 0.3 is 5.97 Å². The summed E-state index contributed by atoms with van der Waals surface area (Å²) in [6.45, 7) is 5.69. The van der Waals surface area contributed by atoms with Crippen LogP contribution >= 0.6 is 0 Å². The molecule has 4 rings (SSSR count). The average molecular weight is 465 g/mol. The molecule has 0 bridgehead atoms. The summed E-state index contributed by atoms with van der Waals surface area (Å²) >= 11 is 0. The van der Waals surface area contributed by atoms with Crippen LogP contribution in [0.15, 0.2) is 47.6 Å². The maximum Gasteiger partial charge on any atom is 0.303 e. The van der Waals surface area contributed by atoms with Crippen molar-refractivity contribution in [3.63, 3.8) is 0 Å². The van der Waals surface area contributed by atoms with E-state index in [9.17, 15) is 14.7 Å². The standard InChI is InChI=1S/C26H32N4O4/c1-3-26(27)22(16-24(31)32)15-21-14-20(8-9-23(21)34-26)25(33)19-6-4-18(5-7-19)17-28-30-12-10-29(2)11-13-30/h4-9,14,17,22H,3,10-13,15-16,27H2,1-2H3,(H,31,32). The highest BCUT2D eigenvalue weighted by atomic mass is 16.5. The fourth-order valence-corrected chi connectivity index (χ4v) is 4.47. The van der Waals surface area contributed by atoms with Crippen molar-refractivity contribution in [3.8, 4) is 5.75 Å². The van der Waals surface area contributed by atoms with Crippen molar-refractivity contribution in [1.82, 2.24) is 9.91 Å². The molecule has 2 aliphatic rings. The van der Waals surface area contributed by atoms with Crippen LogP contribution in [0, 0.1) is 5.92 Å². The second-order valence-corrected chi connectivity index (χ2v) is 9.18. The van der Waals surface area contributed by atoms with Gasteiger partial charge in [0.15, 0.2) is 11.5 Å². The SMILES string of the molecule is CCC1(N)Oc2ccc(C(=O)c3ccc(C=NN4CCN(C)CC4)cc3)cc2CC1CC(=O)O. The molecule has 0 spiro atoms. The molecule has 2 heterocycles. The van der Waals surface area contributed by atoms with Crippen LogP contribution in [0.5, 0.6) is 5.75 Å². The lowest BCUT2D eigenvalue weighted by molar-refractivity contribution is -0.141. The summed E-state index contributed by atoms with van der Waals surface area (Å²) in [5.74, 6) is -0.770. The van der Waals surface area contributed by atoms with Gasteiger partial charge in [-0.2, -0.15) is 5.10 Å². The molecule has 0 saturated carbocycles. The Kier molecular flexibility index (Phi) is 7.00. The summed E-state index contributed by atoms with van der Waals surface area (Å²) in [5.41, 5.74) is 8.21. The van der Waals surface area contributed by atoms with Gasteiger partial charge in [0, 0.05) is 43.2 Å². The first-order valence-electron chi connectivity index (χ1n) is 11.7. The van der Waals surface area contributed by atoms with E-state index in [1.165, 1.54) is 0 Å². The zero-order valence-electron chi connectivity index (χ0n) is 19.7. The maximum absolute atomic E-state index is 13.1. The minimum Gasteiger partial charge on any atom is -0.481 e. The zero-order valence-corrected chi connectivity index (χ0v) is 19.7. The lowest BCUT2D eigenvalue weighted by atomic mass is 9.82. The molecular weight excluding hydrogens is 432 g/mol. The van der Waals surface area contributed by atoms with E-state index >= 15 is 0 Å². The Morgan fingerprint density at radius 2 is 1.82 bits per heavy atom. The Hall–Kier alpha value is -3.23. The van der Waals surface area contributed by atoms with Crippen LogP contribution < -0.4 is 10.5 Å². The van der Waals surface area contributed by atoms with Crippen molar-refractivity contribution in [1.29, 1.82) is 0 Å². The fraction of sp³-hybridized carbons (Fsp3) is 0.423. The van der Waals surface area contributed by atoms with Gasteiger partial charge in [-0.15, -0.1) is 0 Å². The number of piperazine rings is 1. The van der Waals surface area contributed by atoms with Crippen LogP contribution in [0.4, 0.5) is 0 Å². The number of hydrogen-bond acceptors (Lipinski definition) is 7. The zero-order chi connectivity index (χ0) is 24.3. The smallest absolute Gasteiger partial charge is 0.303 e. The van der Waals surface area contributed by atoms with Gasteiger partial charge in [-0.1, -0.05) is 31.2 Å². The summed E-state index contributed by atoms with van der Waals surface area (Å²) in [6.07, 6.45) is 2.69. The van der Waals surface area contributed by atoms with Crippen LogP contribution in [0.1, 0.15) is 46.8 Å². The molecule has 0 amide bonds. The number of likely N-dealkylation sites (N-methyl/N-ethyl adjacent to an activating group) is 1. The molecule has 2 unspecified atom stereocenters. The van der Waals surface area contributed by atoms with Gasteiger partial charge in [0.05, 0.1) is 12.6 Å². The van der Waals surface area contributed by atoms with E-state index in [4.69, 9.17) is 10.5 Å². The Labute approximate surface area is 200 Å². The van der Waals surface area contributed by atoms with Crippen LogP contribution in [0.3, 0.4) is 0 Å². The predicted octanol–water partition coefficient (Wildman–Crippen LogP) is 2.59. The number of carbonyl (C=O) groups excluding carboxylic acids is 1. The van der Waals surface area contributed by atoms with Gasteiger partial charge in [-0.05, 0) is 49.2 Å². The van der Waals surface area contributed by atoms with Crippen molar-refractivity contribution in [2.75, 3.05) is 33.2 Å². The number of hydrazone groups is 1. The van der Waals surface area contributed by atoms with Crippen LogP contribution in [0.25, 0.3) is 0 Å². The number of nitrogens with zero attached hydrogens (tertiary/aromatic N) is 3. The summed E-state index contributed by atoms with van der Waals surface area (Å²) < 4.78 is 6.00. The normalized spacial score (nSPS) is 22.9. The number of ether oxygens (including phenoxy) is 1. The number of carboxylic acids is 1. The summed E-state index contributed by atoms with van der Waals surface area (Å²) in [6, 6.07) is 12.7. The average Bonchev–Trinajstić information content (AvgIpc) is 2.83. The second kappa shape index (κ2) is 9.95. The molecule has 1 fully saturated rings. The van der Waals surface area contributed by atoms with Gasteiger partial charge in [-0.3, -0.25) is 20.3 Å². The number of carbonyl (C=O) groups is 2. The summed E-state index contributed by atoms with van der Waals surface area (Å²) in [7, 11) is 2.11. The van der Waals surface area contributed by atoms with Crippen molar-refractivity contribution in [2.24, 2.45) is 16.8 Å². The minimum absolute atomic E-state index is 0.0842. The number of nitrogens with two attached hydrogens (primary N) is 1. The van der Waals surface area contributed by atoms with Crippen molar-refractivity contribution in [2.45, 2.75) is 31.9 Å². The number of benzene rings is 2. The molecule has 34 heavy (non-hydrogen) atoms. The molecule has 2 aromatic rings. The highest BCUT2D eigenvalue weighted by molar-refractivity contribution is 6.09. The first kappa shape index (κ1) is 23.9. The van der Waals surface area contributed by atoms with Crippen LogP contribution in [-0.2, 0) is 11.2 Å². The molecule has 1 saturated heterocycles. The topological polar surface area (TPSA) is 108 Å². The molecule has 3 N–H and O–H groups in total. The Bertz CT molecular complexity index is 1080. The molecule has 180 valence electrons. The lowest BCUT2D eigenvalue weighted by Gasteiger charge is -2.41. The first-order valence-corrected chi connectivity index (χ1v) is 11.7. The van der Waals surface area contributed by atoms with E-state index in [1.807, 2.05) is 25.3 Å². The van der Waals surface area contributed by atoms with E-state index in [1.54, 1.807) is 30.3 Å². The van der Waals surface area contributed by atoms with Crippen LogP contribution in [0.2, 0.25) is 0 Å². The molecule has 2 aromatic carbocycles. The monoisotopic (exact) mass is 464 g/mol. The lowest BCUT2D eigenvalue weighted by Crippen LogP contribution is -2.55. The summed E-state index contributed by atoms with van der Waals surface area (Å²) in [5, 5.41) is 15.9. The van der Waals surface area contributed by atoms with E-state index in [0.29, 0.717) is 29.7 Å². The highest BCUT2D eigenvalue weighted by Gasteiger charge is 2.41. The van der Waals surface area contributed by atoms with Gasteiger partial charge < -0.3 is 14.7 Å². The Morgan fingerprint density at radius 3 is 2.47 bits per heavy atom. The predicted molar refractivity (Wildman–Crippen MR) is 130 cm³/mol. The number of fused-ring (bicyclic) bond motifs is 1. The quantitative estimate of drug-likeness (QED) is 0.479. The minimum atomic E-state index is -1.03. The Morgan fingerprint density at radius 1 is 1.15 bits per heavy atom. The Balaban J connectivity index is 1.47. The van der Waals surface area contributed by atoms with Gasteiger partial charge in [0.1, 0.15) is 5.75 Å². The third kappa shape index (κ3) is 5.29. The van der Waals surface area contributed by atoms with E-state index in [0.717, 1.165) is 37.3 Å². The molecule has 0 aromatic heterocycles. The molecule has 8 nitrogen and oxygen atoms in total. The molecule has 0 aliphatic carbocycles. The fourth-order valence-electron chi connectivity index (χ4n) is 4.47. The van der Waals surface area contributed by atoms with E-state index in [2.05, 4.69) is 22.1 Å². The van der Waals surface area contributed by atoms with Gasteiger partial charge in [0.25, 0.3) is 0 Å². The maximum atomic E-state index is 13.1. The number of rotatable bonds is 7. The number of hydrogen-bond donors (Lipinski definition) is 2. The van der Waals surface area contributed by atoms with E-state index < -0.39 is 11.7 Å². The van der Waals surface area contributed by atoms with Crippen LogP contribution in [-0.4, -0.2) is 71.9 Å². The molecular formula is C26H32N4O4. The van der Waals surface area contributed by atoms with Gasteiger partial charge in [0.2, 0.25) is 0 Å². The summed E-state index contributed by atoms with van der Waals surface area (Å²) in [4.78, 5) is 26.7. The number of aliphatic carboxylic acids is 1. The molecule has 0 radical (unpaired) electrons. The number of ketones is 1. The molecule has 2 aliphatic heterocycles.